The molecule has 1 unspecified atom stereocenters. The molecule has 1 aromatic carbocycles. The van der Waals surface area contributed by atoms with Crippen molar-refractivity contribution in [1.29, 1.82) is 0 Å². The Labute approximate surface area is 262 Å². The summed E-state index contributed by atoms with van der Waals surface area (Å²) in [5, 5.41) is 5.48. The molecule has 0 spiro atoms. The van der Waals surface area contributed by atoms with Gasteiger partial charge in [-0.05, 0) is 51.4 Å². The molecule has 7 nitrogen and oxygen atoms in total. The highest BCUT2D eigenvalue weighted by molar-refractivity contribution is 9.10. The molecule has 1 aliphatic carbocycles. The van der Waals surface area contributed by atoms with Gasteiger partial charge in [-0.2, -0.15) is 0 Å². The van der Waals surface area contributed by atoms with E-state index >= 15 is 8.78 Å². The molecule has 0 N–H and O–H groups in total. The first kappa shape index (κ1) is 33.3. The first-order chi connectivity index (χ1) is 19.3. The van der Waals surface area contributed by atoms with E-state index in [1.54, 1.807) is 32.9 Å². The fraction of sp³-hybridized carbons (Fsp3) is 0.621. The molecule has 3 atom stereocenters. The molecule has 1 aliphatic heterocycles. The highest BCUT2D eigenvalue weighted by Gasteiger charge is 2.71. The zero-order valence-electron chi connectivity index (χ0n) is 25.9. The average molecular weight is 703 g/mol. The van der Waals surface area contributed by atoms with Gasteiger partial charge in [-0.15, -0.1) is 0 Å². The molecular weight excluding hydrogens is 660 g/mol. The van der Waals surface area contributed by atoms with Crippen molar-refractivity contribution < 1.29 is 27.6 Å². The molecule has 0 radical (unpaired) electrons. The van der Waals surface area contributed by atoms with Crippen LogP contribution in [0.1, 0.15) is 38.4 Å². The van der Waals surface area contributed by atoms with Crippen molar-refractivity contribution in [2.24, 2.45) is 10.9 Å². The maximum atomic E-state index is 15.5. The first-order valence-corrected chi connectivity index (χ1v) is 23.0. The van der Waals surface area contributed by atoms with Crippen LogP contribution in [0.5, 0.6) is 0 Å². The molecule has 0 saturated heterocycles. The number of amidine groups is 1. The summed E-state index contributed by atoms with van der Waals surface area (Å²) in [7, 11) is -3.24. The zero-order valence-corrected chi connectivity index (χ0v) is 30.3. The van der Waals surface area contributed by atoms with E-state index in [0.29, 0.717) is 23.2 Å². The molecule has 1 saturated carbocycles. The summed E-state index contributed by atoms with van der Waals surface area (Å²) in [5.74, 6) is -0.981. The van der Waals surface area contributed by atoms with E-state index in [0.717, 1.165) is 11.4 Å². The van der Waals surface area contributed by atoms with E-state index in [1.165, 1.54) is 22.7 Å². The van der Waals surface area contributed by atoms with E-state index < -0.39 is 56.5 Å². The fourth-order valence-corrected chi connectivity index (χ4v) is 8.50. The van der Waals surface area contributed by atoms with Crippen LogP contribution in [0.3, 0.4) is 0 Å². The summed E-state index contributed by atoms with van der Waals surface area (Å²) in [6, 6.07) is 7.31. The number of carbonyl (C=O) groups excluding carboxylic acids is 1. The Kier molecular flexibility index (Phi) is 9.33. The van der Waals surface area contributed by atoms with Crippen LogP contribution in [0.15, 0.2) is 38.3 Å². The standard InChI is InChI=1S/C29H42BrF2N3O4SSi2/c1-27(2,3)38-26(36)35(18-37-12-13-41(4,5)6)25-33-28(17-31,20-14-19(30)10-11-21(20)32)22-16-29(22,40-25)23-15-24(39-34-23)42(7,8)9/h10-11,14-15,22H,12-13,16-18H2,1-9H3/t22?,28-,29+/m1/s1. The Morgan fingerprint density at radius 3 is 2.48 bits per heavy atom. The van der Waals surface area contributed by atoms with Crippen molar-refractivity contribution in [2.75, 3.05) is 20.0 Å². The van der Waals surface area contributed by atoms with Gasteiger partial charge >= 0.3 is 6.09 Å². The number of aromatic nitrogens is 1. The zero-order chi connectivity index (χ0) is 31.3. The van der Waals surface area contributed by atoms with Gasteiger partial charge in [0.1, 0.15) is 49.5 Å². The van der Waals surface area contributed by atoms with Crippen molar-refractivity contribution in [2.45, 2.75) is 88.4 Å². The molecule has 42 heavy (non-hydrogen) atoms. The lowest BCUT2D eigenvalue weighted by atomic mass is 9.84. The summed E-state index contributed by atoms with van der Waals surface area (Å²) in [6.07, 6.45) is -0.182. The smallest absolute Gasteiger partial charge is 0.418 e. The van der Waals surface area contributed by atoms with E-state index in [1.807, 2.05) is 6.07 Å². The number of nitrogens with zero attached hydrogens (tertiary/aromatic N) is 3. The summed E-state index contributed by atoms with van der Waals surface area (Å²) in [4.78, 5) is 19.8. The Hall–Kier alpha value is -1.55. The van der Waals surface area contributed by atoms with Gasteiger partial charge < -0.3 is 14.0 Å². The van der Waals surface area contributed by atoms with Gasteiger partial charge in [-0.3, -0.25) is 0 Å². The third-order valence-corrected chi connectivity index (χ3v) is 12.8. The quantitative estimate of drug-likeness (QED) is 0.151. The number of benzene rings is 1. The number of rotatable bonds is 9. The van der Waals surface area contributed by atoms with Gasteiger partial charge in [-0.1, -0.05) is 72.1 Å². The Balaban J connectivity index is 1.84. The maximum absolute atomic E-state index is 15.5. The molecule has 1 aromatic heterocycles. The Bertz CT molecular complexity index is 1360. The number of aliphatic imine (C=N–C) groups is 1. The summed E-state index contributed by atoms with van der Waals surface area (Å²) < 4.78 is 48.5. The number of thioether (sulfide) groups is 1. The SMILES string of the molecule is CC(C)(C)OC(=O)N(COCC[Si](C)(C)C)C1=N[C@](CF)(c2cc(Br)ccc2F)C2C[C@]2(c2cc([Si](C)(C)C)on2)S1. The van der Waals surface area contributed by atoms with Gasteiger partial charge in [0.05, 0.1) is 4.75 Å². The second-order valence-electron chi connectivity index (χ2n) is 14.4. The largest absolute Gasteiger partial charge is 0.443 e. The molecule has 232 valence electrons. The summed E-state index contributed by atoms with van der Waals surface area (Å²) in [5.41, 5.74) is -1.61. The van der Waals surface area contributed by atoms with Crippen molar-refractivity contribution in [3.63, 3.8) is 0 Å². The van der Waals surface area contributed by atoms with E-state index in [9.17, 15) is 4.79 Å². The fourth-order valence-electron chi connectivity index (χ4n) is 4.93. The Morgan fingerprint density at radius 1 is 1.21 bits per heavy atom. The van der Waals surface area contributed by atoms with Crippen LogP contribution >= 0.6 is 27.7 Å². The molecule has 2 aromatic rings. The summed E-state index contributed by atoms with van der Waals surface area (Å²) >= 11 is 4.75. The third-order valence-electron chi connectivity index (χ3n) is 7.40. The monoisotopic (exact) mass is 701 g/mol. The first-order valence-electron chi connectivity index (χ1n) is 14.2. The van der Waals surface area contributed by atoms with Gasteiger partial charge in [0.25, 0.3) is 0 Å². The maximum Gasteiger partial charge on any atom is 0.418 e. The van der Waals surface area contributed by atoms with Crippen LogP contribution in [0.25, 0.3) is 0 Å². The van der Waals surface area contributed by atoms with Crippen LogP contribution in [-0.4, -0.2) is 63.1 Å². The normalized spacial score (nSPS) is 24.2. The number of halogens is 3. The minimum Gasteiger partial charge on any atom is -0.443 e. The van der Waals surface area contributed by atoms with Gasteiger partial charge in [0.15, 0.2) is 5.17 Å². The van der Waals surface area contributed by atoms with E-state index in [4.69, 9.17) is 19.0 Å². The predicted molar refractivity (Wildman–Crippen MR) is 173 cm³/mol. The number of ether oxygens (including phenoxy) is 2. The van der Waals surface area contributed by atoms with Crippen molar-refractivity contribution in [3.8, 4) is 0 Å². The van der Waals surface area contributed by atoms with Gasteiger partial charge in [0, 0.05) is 36.7 Å². The highest BCUT2D eigenvalue weighted by atomic mass is 79.9. The van der Waals surface area contributed by atoms with Crippen molar-refractivity contribution in [1.82, 2.24) is 10.1 Å². The van der Waals surface area contributed by atoms with E-state index in [-0.39, 0.29) is 17.5 Å². The predicted octanol–water partition coefficient (Wildman–Crippen LogP) is 7.85. The molecule has 2 aliphatic rings. The number of carbonyl (C=O) groups is 1. The van der Waals surface area contributed by atoms with Crippen LogP contribution < -0.4 is 5.38 Å². The molecule has 4 rings (SSSR count). The van der Waals surface area contributed by atoms with Crippen molar-refractivity contribution >= 4 is 60.5 Å². The second-order valence-corrected chi connectivity index (χ2v) is 27.2. The van der Waals surface area contributed by atoms with Crippen LogP contribution in [0.2, 0.25) is 45.3 Å². The number of alkyl halides is 1. The van der Waals surface area contributed by atoms with Crippen LogP contribution in [0.4, 0.5) is 13.6 Å². The highest BCUT2D eigenvalue weighted by Crippen LogP contribution is 2.71. The van der Waals surface area contributed by atoms with Gasteiger partial charge in [-0.25, -0.2) is 23.5 Å². The number of amides is 1. The minimum absolute atomic E-state index is 0.127. The molecule has 13 heteroatoms. The third kappa shape index (κ3) is 7.05. The number of fused-ring (bicyclic) bond motifs is 1. The number of hydrogen-bond acceptors (Lipinski definition) is 7. The van der Waals surface area contributed by atoms with Crippen LogP contribution in [0, 0.1) is 11.7 Å². The van der Waals surface area contributed by atoms with Gasteiger partial charge in [0.2, 0.25) is 0 Å². The summed E-state index contributed by atoms with van der Waals surface area (Å²) in [6.45, 7) is 17.9. The average Bonchev–Trinajstić information content (AvgIpc) is 3.37. The Morgan fingerprint density at radius 2 is 1.90 bits per heavy atom. The lowest BCUT2D eigenvalue weighted by Gasteiger charge is -2.38. The lowest BCUT2D eigenvalue weighted by molar-refractivity contribution is 0.0109. The molecular formula is C29H42BrF2N3O4SSi2. The molecule has 2 heterocycles. The topological polar surface area (TPSA) is 77.2 Å². The molecule has 0 bridgehead atoms. The molecule has 1 fully saturated rings. The van der Waals surface area contributed by atoms with E-state index in [2.05, 4.69) is 60.4 Å². The van der Waals surface area contributed by atoms with Crippen LogP contribution in [-0.2, 0) is 19.8 Å². The molecule has 1 amide bonds. The second kappa shape index (κ2) is 11.8. The minimum atomic E-state index is -1.85. The number of hydrogen-bond donors (Lipinski definition) is 0. The lowest BCUT2D eigenvalue weighted by Crippen LogP contribution is -2.46. The van der Waals surface area contributed by atoms with Crippen molar-refractivity contribution in [3.05, 3.63) is 45.8 Å².